The molecule has 0 radical (unpaired) electrons. The normalized spacial score (nSPS) is 18.7. The third-order valence-corrected chi connectivity index (χ3v) is 6.12. The number of hydrogen-bond acceptors (Lipinski definition) is 7. The van der Waals surface area contributed by atoms with E-state index in [1.807, 2.05) is 78.9 Å². The van der Waals surface area contributed by atoms with Crippen LogP contribution in [0, 0.1) is 0 Å². The molecule has 4 rings (SSSR count). The minimum absolute atomic E-state index is 0.302. The lowest BCUT2D eigenvalue weighted by atomic mass is 10.1. The Morgan fingerprint density at radius 2 is 1.05 bits per heavy atom. The van der Waals surface area contributed by atoms with E-state index in [-0.39, 0.29) is 18.3 Å². The summed E-state index contributed by atoms with van der Waals surface area (Å²) in [6.45, 7) is 1.65. The zero-order valence-electron chi connectivity index (χ0n) is 21.5. The van der Waals surface area contributed by atoms with Gasteiger partial charge >= 0.3 is 0 Å². The van der Waals surface area contributed by atoms with Gasteiger partial charge < -0.3 is 33.2 Å². The highest BCUT2D eigenvalue weighted by atomic mass is 16.6. The molecule has 1 heterocycles. The van der Waals surface area contributed by atoms with E-state index in [4.69, 9.17) is 33.2 Å². The predicted octanol–water partition coefficient (Wildman–Crippen LogP) is 5.31. The third kappa shape index (κ3) is 7.73. The van der Waals surface area contributed by atoms with Crippen LogP contribution in [0.25, 0.3) is 0 Å². The van der Waals surface area contributed by atoms with E-state index >= 15 is 0 Å². The largest absolute Gasteiger partial charge is 0.497 e. The maximum Gasteiger partial charge on any atom is 0.150 e. The van der Waals surface area contributed by atoms with Gasteiger partial charge in [0.25, 0.3) is 0 Å². The lowest BCUT2D eigenvalue weighted by Gasteiger charge is -2.34. The van der Waals surface area contributed by atoms with Crippen LogP contribution in [-0.4, -0.2) is 46.2 Å². The van der Waals surface area contributed by atoms with Crippen molar-refractivity contribution in [3.63, 3.8) is 0 Å². The number of methoxy groups -OCH3 is 3. The highest BCUT2D eigenvalue weighted by Gasteiger charge is 2.34. The second kappa shape index (κ2) is 13.7. The Kier molecular flexibility index (Phi) is 9.82. The Hall–Kier alpha value is -3.52. The SMILES string of the molecule is COc1ccc(COC[C@H]2OC=C[C@@H](OCc3ccc(OC)cc3)[C@@H]2OCc2ccc(OC)cc2)cc1. The van der Waals surface area contributed by atoms with Crippen molar-refractivity contribution in [3.8, 4) is 17.2 Å². The molecule has 0 aliphatic carbocycles. The average molecular weight is 507 g/mol. The van der Waals surface area contributed by atoms with Gasteiger partial charge in [0.2, 0.25) is 0 Å². The molecule has 0 saturated carbocycles. The van der Waals surface area contributed by atoms with E-state index in [0.717, 1.165) is 33.9 Å². The maximum absolute atomic E-state index is 6.37. The summed E-state index contributed by atoms with van der Waals surface area (Å²) in [5.41, 5.74) is 3.12. The van der Waals surface area contributed by atoms with Gasteiger partial charge in [0, 0.05) is 0 Å². The summed E-state index contributed by atoms with van der Waals surface area (Å²) in [6, 6.07) is 23.4. The smallest absolute Gasteiger partial charge is 0.150 e. The summed E-state index contributed by atoms with van der Waals surface area (Å²) in [4.78, 5) is 0. The first-order valence-corrected chi connectivity index (χ1v) is 12.2. The van der Waals surface area contributed by atoms with Crippen molar-refractivity contribution in [2.75, 3.05) is 27.9 Å². The Labute approximate surface area is 218 Å². The molecule has 196 valence electrons. The monoisotopic (exact) mass is 506 g/mol. The zero-order chi connectivity index (χ0) is 25.9. The number of hydrogen-bond donors (Lipinski definition) is 0. The van der Waals surface area contributed by atoms with E-state index in [1.165, 1.54) is 0 Å². The Balaban J connectivity index is 1.39. The Morgan fingerprint density at radius 1 is 0.595 bits per heavy atom. The van der Waals surface area contributed by atoms with Crippen LogP contribution in [0.15, 0.2) is 85.1 Å². The van der Waals surface area contributed by atoms with Crippen molar-refractivity contribution in [3.05, 3.63) is 102 Å². The first-order chi connectivity index (χ1) is 18.2. The summed E-state index contributed by atoms with van der Waals surface area (Å²) < 4.78 is 40.3. The fraction of sp³-hybridized carbons (Fsp3) is 0.333. The van der Waals surface area contributed by atoms with Gasteiger partial charge in [-0.1, -0.05) is 36.4 Å². The minimum Gasteiger partial charge on any atom is -0.497 e. The minimum atomic E-state index is -0.360. The second-order valence-corrected chi connectivity index (χ2v) is 8.61. The van der Waals surface area contributed by atoms with Crippen LogP contribution in [0.2, 0.25) is 0 Å². The lowest BCUT2D eigenvalue weighted by molar-refractivity contribution is -0.147. The quantitative estimate of drug-likeness (QED) is 0.311. The fourth-order valence-corrected chi connectivity index (χ4v) is 3.95. The van der Waals surface area contributed by atoms with Crippen LogP contribution in [0.1, 0.15) is 16.7 Å². The summed E-state index contributed by atoms with van der Waals surface area (Å²) in [5, 5.41) is 0. The molecular formula is C30H34O7. The third-order valence-electron chi connectivity index (χ3n) is 6.12. The molecule has 0 bridgehead atoms. The summed E-state index contributed by atoms with van der Waals surface area (Å²) >= 11 is 0. The molecule has 1 aliphatic heterocycles. The predicted molar refractivity (Wildman–Crippen MR) is 140 cm³/mol. The summed E-state index contributed by atoms with van der Waals surface area (Å²) in [6.07, 6.45) is 2.57. The number of benzene rings is 3. The molecule has 0 N–H and O–H groups in total. The van der Waals surface area contributed by atoms with Crippen molar-refractivity contribution in [2.45, 2.75) is 38.1 Å². The fourth-order valence-electron chi connectivity index (χ4n) is 3.95. The number of ether oxygens (including phenoxy) is 7. The van der Waals surface area contributed by atoms with Crippen LogP contribution >= 0.6 is 0 Å². The Bertz CT molecular complexity index is 1090. The van der Waals surface area contributed by atoms with Crippen molar-refractivity contribution in [1.29, 1.82) is 0 Å². The molecule has 37 heavy (non-hydrogen) atoms. The van der Waals surface area contributed by atoms with Gasteiger partial charge in [-0.3, -0.25) is 0 Å². The van der Waals surface area contributed by atoms with Crippen molar-refractivity contribution in [2.24, 2.45) is 0 Å². The lowest BCUT2D eigenvalue weighted by Crippen LogP contribution is -2.45. The van der Waals surface area contributed by atoms with Crippen LogP contribution in [0.3, 0.4) is 0 Å². The molecule has 7 heteroatoms. The van der Waals surface area contributed by atoms with Gasteiger partial charge in [0.1, 0.15) is 35.6 Å². The van der Waals surface area contributed by atoms with Gasteiger partial charge in [0.05, 0.1) is 54.0 Å². The van der Waals surface area contributed by atoms with E-state index in [2.05, 4.69) is 0 Å². The summed E-state index contributed by atoms with van der Waals surface area (Å²) in [7, 11) is 4.96. The van der Waals surface area contributed by atoms with E-state index in [0.29, 0.717) is 26.4 Å². The van der Waals surface area contributed by atoms with Crippen LogP contribution < -0.4 is 14.2 Å². The van der Waals surface area contributed by atoms with Gasteiger partial charge in [-0.05, 0) is 59.2 Å². The highest BCUT2D eigenvalue weighted by Crippen LogP contribution is 2.24. The van der Waals surface area contributed by atoms with E-state index in [9.17, 15) is 0 Å². The molecule has 0 aromatic heterocycles. The molecular weight excluding hydrogens is 472 g/mol. The molecule has 0 spiro atoms. The molecule has 1 aliphatic rings. The van der Waals surface area contributed by atoms with Crippen LogP contribution in [0.4, 0.5) is 0 Å². The highest BCUT2D eigenvalue weighted by molar-refractivity contribution is 5.28. The van der Waals surface area contributed by atoms with Crippen molar-refractivity contribution >= 4 is 0 Å². The molecule has 0 amide bonds. The first kappa shape index (κ1) is 26.5. The molecule has 0 saturated heterocycles. The summed E-state index contributed by atoms with van der Waals surface area (Å²) in [5.74, 6) is 2.43. The molecule has 3 atom stereocenters. The number of rotatable bonds is 13. The zero-order valence-corrected chi connectivity index (χ0v) is 21.5. The van der Waals surface area contributed by atoms with Crippen LogP contribution in [-0.2, 0) is 38.8 Å². The molecule has 0 fully saturated rings. The molecule has 3 aromatic carbocycles. The van der Waals surface area contributed by atoms with Gasteiger partial charge in [0.15, 0.2) is 0 Å². The average Bonchev–Trinajstić information content (AvgIpc) is 2.96. The standard InChI is InChI=1S/C30H34O7/c1-31-25-10-4-22(5-11-25)18-34-21-29-30(37-20-24-8-14-27(33-3)15-9-24)28(16-17-35-29)36-19-23-6-12-26(32-2)13-7-23/h4-17,28-30H,18-21H2,1-3H3/t28-,29-,30+/m1/s1. The van der Waals surface area contributed by atoms with E-state index < -0.39 is 0 Å². The van der Waals surface area contributed by atoms with Gasteiger partial charge in [-0.2, -0.15) is 0 Å². The molecule has 0 unspecified atom stereocenters. The maximum atomic E-state index is 6.37. The van der Waals surface area contributed by atoms with Crippen molar-refractivity contribution in [1.82, 2.24) is 0 Å². The van der Waals surface area contributed by atoms with Gasteiger partial charge in [-0.25, -0.2) is 0 Å². The Morgan fingerprint density at radius 3 is 1.54 bits per heavy atom. The first-order valence-electron chi connectivity index (χ1n) is 12.2. The van der Waals surface area contributed by atoms with Gasteiger partial charge in [-0.15, -0.1) is 0 Å². The second-order valence-electron chi connectivity index (χ2n) is 8.61. The van der Waals surface area contributed by atoms with Crippen molar-refractivity contribution < 1.29 is 33.2 Å². The van der Waals surface area contributed by atoms with E-state index in [1.54, 1.807) is 27.6 Å². The molecule has 3 aromatic rings. The van der Waals surface area contributed by atoms with Crippen LogP contribution in [0.5, 0.6) is 17.2 Å². The topological polar surface area (TPSA) is 64.6 Å². The molecule has 7 nitrogen and oxygen atoms in total.